The zero-order valence-electron chi connectivity index (χ0n) is 10.6. The summed E-state index contributed by atoms with van der Waals surface area (Å²) in [6.07, 6.45) is 2.25. The minimum absolute atomic E-state index is 0.0639. The maximum Gasteiger partial charge on any atom is 0.239 e. The Labute approximate surface area is 117 Å². The van der Waals surface area contributed by atoms with Gasteiger partial charge in [0.1, 0.15) is 0 Å². The molecule has 1 aromatic rings. The van der Waals surface area contributed by atoms with Crippen molar-refractivity contribution in [3.8, 4) is 0 Å². The molecule has 2 N–H and O–H groups in total. The van der Waals surface area contributed by atoms with Crippen molar-refractivity contribution in [3.63, 3.8) is 0 Å². The van der Waals surface area contributed by atoms with Gasteiger partial charge in [-0.25, -0.2) is 0 Å². The minimum atomic E-state index is 0.0639. The topological polar surface area (TPSA) is 53.5 Å². The summed E-state index contributed by atoms with van der Waals surface area (Å²) in [5.74, 6) is 0.0639. The highest BCUT2D eigenvalue weighted by Crippen LogP contribution is 2.33. The van der Waals surface area contributed by atoms with Gasteiger partial charge in [0.05, 0.1) is 18.3 Å². The maximum absolute atomic E-state index is 11.6. The van der Waals surface area contributed by atoms with Gasteiger partial charge in [-0.05, 0) is 18.4 Å². The largest absolute Gasteiger partial charge is 0.356 e. The highest BCUT2D eigenvalue weighted by Gasteiger charge is 2.24. The van der Waals surface area contributed by atoms with Crippen molar-refractivity contribution >= 4 is 22.8 Å². The third-order valence-corrected chi connectivity index (χ3v) is 4.37. The predicted octanol–water partition coefficient (Wildman–Crippen LogP) is 1.70. The SMILES string of the molecule is O=C(CNC1=NCC(c2ccccc2)S1)NC1CC1. The van der Waals surface area contributed by atoms with Crippen molar-refractivity contribution in [1.29, 1.82) is 0 Å². The highest BCUT2D eigenvalue weighted by atomic mass is 32.2. The van der Waals surface area contributed by atoms with E-state index in [1.165, 1.54) is 5.56 Å². The van der Waals surface area contributed by atoms with Crippen LogP contribution >= 0.6 is 11.8 Å². The number of nitrogens with one attached hydrogen (secondary N) is 2. The monoisotopic (exact) mass is 275 g/mol. The molecule has 1 amide bonds. The van der Waals surface area contributed by atoms with E-state index in [0.29, 0.717) is 17.8 Å². The van der Waals surface area contributed by atoms with E-state index in [9.17, 15) is 4.79 Å². The Morgan fingerprint density at radius 3 is 2.84 bits per heavy atom. The number of carbonyl (C=O) groups excluding carboxylic acids is 1. The fourth-order valence-corrected chi connectivity index (χ4v) is 2.99. The predicted molar refractivity (Wildman–Crippen MR) is 78.2 cm³/mol. The molecule has 0 spiro atoms. The Balaban J connectivity index is 1.45. The van der Waals surface area contributed by atoms with E-state index in [0.717, 1.165) is 24.6 Å². The Kier molecular flexibility index (Phi) is 3.73. The van der Waals surface area contributed by atoms with Crippen molar-refractivity contribution in [3.05, 3.63) is 35.9 Å². The van der Waals surface area contributed by atoms with Crippen LogP contribution in [0, 0.1) is 0 Å². The second kappa shape index (κ2) is 5.65. The molecule has 1 aliphatic heterocycles. The van der Waals surface area contributed by atoms with Crippen LogP contribution in [0.4, 0.5) is 0 Å². The molecule has 1 atom stereocenters. The van der Waals surface area contributed by atoms with Gasteiger partial charge in [-0.3, -0.25) is 9.79 Å². The van der Waals surface area contributed by atoms with E-state index in [4.69, 9.17) is 0 Å². The van der Waals surface area contributed by atoms with Gasteiger partial charge in [0.25, 0.3) is 0 Å². The number of thioether (sulfide) groups is 1. The molecule has 100 valence electrons. The van der Waals surface area contributed by atoms with Gasteiger partial charge in [-0.1, -0.05) is 42.1 Å². The lowest BCUT2D eigenvalue weighted by Crippen LogP contribution is -2.36. The van der Waals surface area contributed by atoms with E-state index in [1.807, 2.05) is 18.2 Å². The molecule has 0 saturated heterocycles. The summed E-state index contributed by atoms with van der Waals surface area (Å²) in [5.41, 5.74) is 1.29. The van der Waals surface area contributed by atoms with E-state index in [-0.39, 0.29) is 5.91 Å². The number of rotatable bonds is 4. The molecule has 0 radical (unpaired) electrons. The number of amidine groups is 1. The number of benzene rings is 1. The summed E-state index contributed by atoms with van der Waals surface area (Å²) in [4.78, 5) is 16.0. The zero-order chi connectivity index (χ0) is 13.1. The van der Waals surface area contributed by atoms with Crippen molar-refractivity contribution in [2.45, 2.75) is 24.1 Å². The van der Waals surface area contributed by atoms with Gasteiger partial charge in [0.15, 0.2) is 5.17 Å². The molecule has 1 aliphatic carbocycles. The van der Waals surface area contributed by atoms with Gasteiger partial charge in [0.2, 0.25) is 5.91 Å². The molecule has 19 heavy (non-hydrogen) atoms. The smallest absolute Gasteiger partial charge is 0.239 e. The Bertz CT molecular complexity index is 485. The Morgan fingerprint density at radius 2 is 2.11 bits per heavy atom. The first kappa shape index (κ1) is 12.5. The lowest BCUT2D eigenvalue weighted by molar-refractivity contribution is -0.120. The number of carbonyl (C=O) groups is 1. The molecule has 1 unspecified atom stereocenters. The molecular formula is C14H17N3OS. The third-order valence-electron chi connectivity index (χ3n) is 3.17. The fraction of sp³-hybridized carbons (Fsp3) is 0.429. The average Bonchev–Trinajstić information content (AvgIpc) is 3.12. The van der Waals surface area contributed by atoms with Crippen LogP contribution in [0.1, 0.15) is 23.7 Å². The first-order valence-electron chi connectivity index (χ1n) is 6.60. The lowest BCUT2D eigenvalue weighted by Gasteiger charge is -2.09. The molecule has 2 aliphatic rings. The molecule has 0 bridgehead atoms. The van der Waals surface area contributed by atoms with Gasteiger partial charge in [0, 0.05) is 6.04 Å². The van der Waals surface area contributed by atoms with Crippen LogP contribution < -0.4 is 10.6 Å². The van der Waals surface area contributed by atoms with Crippen molar-refractivity contribution in [2.24, 2.45) is 4.99 Å². The van der Waals surface area contributed by atoms with Gasteiger partial charge < -0.3 is 10.6 Å². The lowest BCUT2D eigenvalue weighted by atomic mass is 10.1. The van der Waals surface area contributed by atoms with Crippen LogP contribution in [-0.2, 0) is 4.79 Å². The first-order chi connectivity index (χ1) is 9.31. The summed E-state index contributed by atoms with van der Waals surface area (Å²) in [5, 5.41) is 7.32. The summed E-state index contributed by atoms with van der Waals surface area (Å²) < 4.78 is 0. The van der Waals surface area contributed by atoms with Crippen LogP contribution in [0.15, 0.2) is 35.3 Å². The summed E-state index contributed by atoms with van der Waals surface area (Å²) in [6, 6.07) is 10.8. The highest BCUT2D eigenvalue weighted by molar-refractivity contribution is 8.14. The number of nitrogens with zero attached hydrogens (tertiary/aromatic N) is 1. The molecule has 4 nitrogen and oxygen atoms in total. The second-order valence-electron chi connectivity index (χ2n) is 4.86. The molecule has 1 saturated carbocycles. The van der Waals surface area contributed by atoms with Crippen molar-refractivity contribution in [1.82, 2.24) is 10.6 Å². The maximum atomic E-state index is 11.6. The van der Waals surface area contributed by atoms with Crippen molar-refractivity contribution < 1.29 is 4.79 Å². The number of hydrogen-bond acceptors (Lipinski definition) is 4. The van der Waals surface area contributed by atoms with Crippen LogP contribution in [-0.4, -0.2) is 30.2 Å². The summed E-state index contributed by atoms with van der Waals surface area (Å²) in [6.45, 7) is 1.10. The molecule has 0 aromatic heterocycles. The molecular weight excluding hydrogens is 258 g/mol. The third kappa shape index (κ3) is 3.50. The summed E-state index contributed by atoms with van der Waals surface area (Å²) >= 11 is 1.70. The molecule has 1 fully saturated rings. The van der Waals surface area contributed by atoms with E-state index in [2.05, 4.69) is 27.8 Å². The van der Waals surface area contributed by atoms with Gasteiger partial charge in [-0.2, -0.15) is 0 Å². The summed E-state index contributed by atoms with van der Waals surface area (Å²) in [7, 11) is 0. The Hall–Kier alpha value is -1.49. The van der Waals surface area contributed by atoms with Gasteiger partial charge >= 0.3 is 0 Å². The van der Waals surface area contributed by atoms with Crippen molar-refractivity contribution in [2.75, 3.05) is 13.1 Å². The van der Waals surface area contributed by atoms with E-state index >= 15 is 0 Å². The van der Waals surface area contributed by atoms with Crippen LogP contribution in [0.25, 0.3) is 0 Å². The van der Waals surface area contributed by atoms with E-state index in [1.54, 1.807) is 11.8 Å². The van der Waals surface area contributed by atoms with Crippen LogP contribution in [0.3, 0.4) is 0 Å². The zero-order valence-corrected chi connectivity index (χ0v) is 11.5. The van der Waals surface area contributed by atoms with Crippen LogP contribution in [0.5, 0.6) is 0 Å². The van der Waals surface area contributed by atoms with Crippen LogP contribution in [0.2, 0.25) is 0 Å². The first-order valence-corrected chi connectivity index (χ1v) is 7.48. The number of hydrogen-bond donors (Lipinski definition) is 2. The molecule has 3 rings (SSSR count). The quantitative estimate of drug-likeness (QED) is 0.879. The Morgan fingerprint density at radius 1 is 1.32 bits per heavy atom. The number of aliphatic imine (C=N–C) groups is 1. The normalized spacial score (nSPS) is 21.9. The average molecular weight is 275 g/mol. The molecule has 1 heterocycles. The van der Waals surface area contributed by atoms with Gasteiger partial charge in [-0.15, -0.1) is 0 Å². The van der Waals surface area contributed by atoms with E-state index < -0.39 is 0 Å². The number of amides is 1. The second-order valence-corrected chi connectivity index (χ2v) is 6.05. The fourth-order valence-electron chi connectivity index (χ4n) is 1.98. The minimum Gasteiger partial charge on any atom is -0.356 e. The standard InChI is InChI=1S/C14H17N3OS/c18-13(17-11-6-7-11)9-16-14-15-8-12(19-14)10-4-2-1-3-5-10/h1-5,11-12H,6-9H2,(H,15,16)(H,17,18). The molecule has 1 aromatic carbocycles. The molecule has 5 heteroatoms.